The molecule has 0 amide bonds. The summed E-state index contributed by atoms with van der Waals surface area (Å²) in [5.74, 6) is 0.00892. The summed E-state index contributed by atoms with van der Waals surface area (Å²) in [5, 5.41) is 9.94. The first kappa shape index (κ1) is 15.5. The van der Waals surface area contributed by atoms with Gasteiger partial charge < -0.3 is 5.11 Å². The van der Waals surface area contributed by atoms with Crippen LogP contribution >= 0.6 is 0 Å². The van der Waals surface area contributed by atoms with E-state index >= 15 is 0 Å². The monoisotopic (exact) mass is 282 g/mol. The van der Waals surface area contributed by atoms with Crippen molar-refractivity contribution in [3.63, 3.8) is 0 Å². The first-order chi connectivity index (χ1) is 9.51. The van der Waals surface area contributed by atoms with Gasteiger partial charge in [-0.15, -0.1) is 0 Å². The number of carbonyl (C=O) groups excluding carboxylic acids is 1. The van der Waals surface area contributed by atoms with Crippen molar-refractivity contribution in [3.05, 3.63) is 11.8 Å². The molecular formula is C17H27FO2. The van der Waals surface area contributed by atoms with Gasteiger partial charge in [-0.05, 0) is 43.9 Å². The Morgan fingerprint density at radius 2 is 1.75 bits per heavy atom. The Kier molecular flexibility index (Phi) is 4.55. The molecule has 0 radical (unpaired) electrons. The summed E-state index contributed by atoms with van der Waals surface area (Å²) in [6, 6.07) is 0. The van der Waals surface area contributed by atoms with Gasteiger partial charge in [-0.25, -0.2) is 4.39 Å². The molecular weight excluding hydrogens is 255 g/mol. The zero-order valence-corrected chi connectivity index (χ0v) is 12.8. The lowest BCUT2D eigenvalue weighted by Gasteiger charge is -2.38. The molecule has 2 aliphatic carbocycles. The molecule has 0 unspecified atom stereocenters. The molecule has 0 aromatic rings. The van der Waals surface area contributed by atoms with E-state index in [2.05, 4.69) is 13.8 Å². The van der Waals surface area contributed by atoms with Gasteiger partial charge in [0.05, 0.1) is 5.41 Å². The Bertz CT molecular complexity index is 382. The number of hydrogen-bond donors (Lipinski definition) is 1. The minimum absolute atomic E-state index is 0.00281. The van der Waals surface area contributed by atoms with Gasteiger partial charge in [0.1, 0.15) is 12.4 Å². The van der Waals surface area contributed by atoms with Crippen molar-refractivity contribution in [1.82, 2.24) is 0 Å². The Hall–Kier alpha value is -0.860. The molecule has 20 heavy (non-hydrogen) atoms. The summed E-state index contributed by atoms with van der Waals surface area (Å²) >= 11 is 0. The van der Waals surface area contributed by atoms with Gasteiger partial charge in [0.15, 0.2) is 5.78 Å². The third-order valence-electron chi connectivity index (χ3n) is 5.88. The number of aliphatic hydroxyl groups excluding tert-OH is 1. The maximum Gasteiger partial charge on any atom is 0.162 e. The molecule has 2 nitrogen and oxygen atoms in total. The highest BCUT2D eigenvalue weighted by Gasteiger charge is 2.47. The fraction of sp³-hybridized carbons (Fsp3) is 0.824. The number of halogens is 1. The molecule has 3 heteroatoms. The van der Waals surface area contributed by atoms with Crippen LogP contribution in [-0.4, -0.2) is 17.6 Å². The summed E-state index contributed by atoms with van der Waals surface area (Å²) in [7, 11) is 0. The molecule has 2 fully saturated rings. The van der Waals surface area contributed by atoms with E-state index < -0.39 is 12.1 Å². The molecule has 0 aromatic carbocycles. The maximum atomic E-state index is 12.9. The molecule has 1 N–H and O–H groups in total. The normalized spacial score (nSPS) is 25.4. The third kappa shape index (κ3) is 2.91. The first-order valence-electron chi connectivity index (χ1n) is 8.02. The van der Waals surface area contributed by atoms with Gasteiger partial charge in [0.2, 0.25) is 0 Å². The van der Waals surface area contributed by atoms with Crippen LogP contribution in [0.2, 0.25) is 0 Å². The van der Waals surface area contributed by atoms with Crippen LogP contribution < -0.4 is 0 Å². The Morgan fingerprint density at radius 3 is 2.15 bits per heavy atom. The van der Waals surface area contributed by atoms with Gasteiger partial charge in [-0.1, -0.05) is 26.7 Å². The van der Waals surface area contributed by atoms with Crippen LogP contribution in [0.3, 0.4) is 0 Å². The van der Waals surface area contributed by atoms with Crippen molar-refractivity contribution >= 4 is 5.78 Å². The highest BCUT2D eigenvalue weighted by molar-refractivity contribution is 5.92. The van der Waals surface area contributed by atoms with Crippen molar-refractivity contribution in [3.8, 4) is 0 Å². The minimum atomic E-state index is -0.707. The Morgan fingerprint density at radius 1 is 1.20 bits per heavy atom. The van der Waals surface area contributed by atoms with Crippen molar-refractivity contribution in [1.29, 1.82) is 0 Å². The summed E-state index contributed by atoms with van der Waals surface area (Å²) in [6.07, 6.45) is 9.02. The van der Waals surface area contributed by atoms with E-state index in [4.69, 9.17) is 0 Å². The van der Waals surface area contributed by atoms with Crippen molar-refractivity contribution in [2.24, 2.45) is 16.7 Å². The van der Waals surface area contributed by atoms with Gasteiger partial charge in [-0.2, -0.15) is 0 Å². The largest absolute Gasteiger partial charge is 0.511 e. The van der Waals surface area contributed by atoms with Crippen LogP contribution in [0.1, 0.15) is 65.2 Å². The topological polar surface area (TPSA) is 37.3 Å². The predicted molar refractivity (Wildman–Crippen MR) is 78.3 cm³/mol. The van der Waals surface area contributed by atoms with Gasteiger partial charge in [0.25, 0.3) is 0 Å². The zero-order chi connectivity index (χ0) is 14.8. The van der Waals surface area contributed by atoms with E-state index in [9.17, 15) is 14.3 Å². The summed E-state index contributed by atoms with van der Waals surface area (Å²) in [6.45, 7) is 3.91. The van der Waals surface area contributed by atoms with Crippen LogP contribution in [-0.2, 0) is 4.79 Å². The molecule has 2 rings (SSSR count). The number of rotatable bonds is 6. The maximum absolute atomic E-state index is 12.9. The molecule has 0 heterocycles. The molecule has 0 spiro atoms. The molecule has 0 saturated heterocycles. The Balaban J connectivity index is 1.94. The van der Waals surface area contributed by atoms with E-state index in [0.29, 0.717) is 18.3 Å². The molecule has 114 valence electrons. The van der Waals surface area contributed by atoms with Gasteiger partial charge >= 0.3 is 0 Å². The molecule has 2 saturated carbocycles. The third-order valence-corrected chi connectivity index (χ3v) is 5.88. The van der Waals surface area contributed by atoms with Crippen LogP contribution in [0.4, 0.5) is 4.39 Å². The first-order valence-corrected chi connectivity index (χ1v) is 8.02. The molecule has 0 atom stereocenters. The summed E-state index contributed by atoms with van der Waals surface area (Å²) in [4.78, 5) is 12.2. The average molecular weight is 282 g/mol. The average Bonchev–Trinajstić information content (AvgIpc) is 3.28. The number of allylic oxidation sites excluding steroid dienone is 2. The molecule has 0 bridgehead atoms. The second-order valence-corrected chi connectivity index (χ2v) is 6.83. The lowest BCUT2D eigenvalue weighted by molar-refractivity contribution is -0.120. The summed E-state index contributed by atoms with van der Waals surface area (Å²) < 4.78 is 12.9. The van der Waals surface area contributed by atoms with Crippen LogP contribution in [0, 0.1) is 16.7 Å². The SMILES string of the molecule is CCC1(CC)CCC(C(=O)C=C(O)C2(CF)CC2)CC1. The number of hydrogen-bond acceptors (Lipinski definition) is 2. The van der Waals surface area contributed by atoms with Crippen LogP contribution in [0.15, 0.2) is 11.8 Å². The smallest absolute Gasteiger partial charge is 0.162 e. The number of ketones is 1. The van der Waals surface area contributed by atoms with E-state index in [1.54, 1.807) is 0 Å². The lowest BCUT2D eigenvalue weighted by Crippen LogP contribution is -2.29. The quantitative estimate of drug-likeness (QED) is 0.564. The number of alkyl halides is 1. The van der Waals surface area contributed by atoms with E-state index in [1.807, 2.05) is 0 Å². The van der Waals surface area contributed by atoms with E-state index in [1.165, 1.54) is 18.9 Å². The van der Waals surface area contributed by atoms with Crippen LogP contribution in [0.5, 0.6) is 0 Å². The van der Waals surface area contributed by atoms with E-state index in [-0.39, 0.29) is 17.5 Å². The standard InChI is InChI=1S/C17H27FO2/c1-3-16(4-2)7-5-13(6-8-16)14(19)11-15(20)17(12-18)9-10-17/h11,13,20H,3-10,12H2,1-2H3. The molecule has 0 aliphatic heterocycles. The van der Waals surface area contributed by atoms with Crippen molar-refractivity contribution < 1.29 is 14.3 Å². The zero-order valence-electron chi connectivity index (χ0n) is 12.8. The fourth-order valence-electron chi connectivity index (χ4n) is 3.49. The predicted octanol–water partition coefficient (Wildman–Crippen LogP) is 4.74. The van der Waals surface area contributed by atoms with Crippen molar-refractivity contribution in [2.45, 2.75) is 65.2 Å². The second-order valence-electron chi connectivity index (χ2n) is 6.83. The number of aliphatic hydroxyl groups is 1. The second kappa shape index (κ2) is 5.87. The minimum Gasteiger partial charge on any atom is -0.511 e. The highest BCUT2D eigenvalue weighted by Crippen LogP contribution is 2.51. The van der Waals surface area contributed by atoms with E-state index in [0.717, 1.165) is 25.7 Å². The highest BCUT2D eigenvalue weighted by atomic mass is 19.1. The fourth-order valence-corrected chi connectivity index (χ4v) is 3.49. The molecule has 0 aromatic heterocycles. The lowest BCUT2D eigenvalue weighted by atomic mass is 9.67. The summed E-state index contributed by atoms with van der Waals surface area (Å²) in [5.41, 5.74) is -0.292. The Labute approximate surface area is 121 Å². The van der Waals surface area contributed by atoms with Gasteiger partial charge in [0, 0.05) is 12.0 Å². The van der Waals surface area contributed by atoms with Crippen LogP contribution in [0.25, 0.3) is 0 Å². The molecule has 2 aliphatic rings. The van der Waals surface area contributed by atoms with Crippen molar-refractivity contribution in [2.75, 3.05) is 6.67 Å². The number of carbonyl (C=O) groups is 1. The van der Waals surface area contributed by atoms with Gasteiger partial charge in [-0.3, -0.25) is 4.79 Å².